The van der Waals surface area contributed by atoms with E-state index in [2.05, 4.69) is 117 Å². The predicted octanol–water partition coefficient (Wildman–Crippen LogP) is 16.7. The lowest BCUT2D eigenvalue weighted by atomic mass is 10.0. The lowest BCUT2D eigenvalue weighted by Crippen LogP contribution is -2.02. The molecule has 0 aliphatic heterocycles. The van der Waals surface area contributed by atoms with Crippen molar-refractivity contribution in [2.75, 3.05) is 7.11 Å². The molecule has 0 unspecified atom stereocenters. The first-order valence-electron chi connectivity index (χ1n) is 39.8. The van der Waals surface area contributed by atoms with Crippen LogP contribution in [0.25, 0.3) is 147 Å². The maximum Gasteiger partial charge on any atom is 0.223 e. The molecule has 0 aliphatic rings. The van der Waals surface area contributed by atoms with Gasteiger partial charge in [0, 0.05) is 103 Å². The number of aliphatic hydroxyl groups is 1. The molecule has 12 aromatic heterocycles. The van der Waals surface area contributed by atoms with E-state index in [1.807, 2.05) is 128 Å². The van der Waals surface area contributed by atoms with Crippen molar-refractivity contribution in [3.8, 4) is 153 Å². The number of hydrogen-bond donors (Lipinski definition) is 1. The molecule has 0 atom stereocenters. The van der Waals surface area contributed by atoms with Gasteiger partial charge in [0.05, 0.1) is 53.4 Å². The fourth-order valence-electron chi connectivity index (χ4n) is 13.3. The van der Waals surface area contributed by atoms with E-state index in [4.69, 9.17) is 4.74 Å². The average Bonchev–Trinajstić information content (AvgIpc) is 1.49. The van der Waals surface area contributed by atoms with E-state index in [1.165, 1.54) is 86.2 Å². The minimum atomic E-state index is -0.790. The van der Waals surface area contributed by atoms with Crippen molar-refractivity contribution >= 4 is 0 Å². The van der Waals surface area contributed by atoms with Crippen molar-refractivity contribution in [1.82, 2.24) is 146 Å². The Balaban J connectivity index is 0.000000115. The van der Waals surface area contributed by atoms with Crippen LogP contribution in [0.2, 0.25) is 0 Å². The number of pyridine rings is 5. The number of benzene rings is 9. The highest BCUT2D eigenvalue weighted by Gasteiger charge is 2.21. The number of methoxy groups -OCH3 is 1. The first-order valence-corrected chi connectivity index (χ1v) is 39.8. The number of hydrogen-bond acceptors (Lipinski definition) is 25. The molecule has 9 aromatic carbocycles. The van der Waals surface area contributed by atoms with Crippen LogP contribution in [0.5, 0.6) is 5.75 Å². The molecule has 646 valence electrons. The first-order chi connectivity index (χ1) is 64.5. The number of rotatable bonds is 18. The summed E-state index contributed by atoms with van der Waals surface area (Å²) in [6, 6.07) is 74.8. The van der Waals surface area contributed by atoms with Gasteiger partial charge in [-0.25, -0.2) is 45.4 Å². The largest absolute Gasteiger partial charge is 0.496 e. The van der Waals surface area contributed by atoms with E-state index in [1.54, 1.807) is 134 Å². The quantitative estimate of drug-likeness (QED) is 0.0780. The van der Waals surface area contributed by atoms with Crippen LogP contribution in [0.1, 0.15) is 11.1 Å². The zero-order chi connectivity index (χ0) is 90.8. The SMILES string of the molecule is COc1ccc(C)cc1-c1cc(F)cc(-n2nnc(-c3ccccn3)n2)c1.Fc1cc(-c2c(F)cccc2F)cc(-n2nnc(-c3ccccn3)n2)c1.Fc1cc(-c2ccccc2-n2cccn2)cc(-n2nnc(-c3ccccn3)n2)c1.Fc1cc(-c2cncnc2)cc(-n2nnc(-c3ccccn3)n2)c1.OCc1cccc(-c2cc(F)cc(-n3nnc(-c4ccccn4)n3)c2)c1. The summed E-state index contributed by atoms with van der Waals surface area (Å²) in [6.07, 6.45) is 16.4. The summed E-state index contributed by atoms with van der Waals surface area (Å²) in [4.78, 5) is 35.0. The van der Waals surface area contributed by atoms with Gasteiger partial charge in [0.15, 0.2) is 0 Å². The molecular weight excluding hydrogens is 1700 g/mol. The summed E-state index contributed by atoms with van der Waals surface area (Å²) in [5.74, 6) is -1.52. The maximum atomic E-state index is 14.5. The summed E-state index contributed by atoms with van der Waals surface area (Å²) >= 11 is 0. The third kappa shape index (κ3) is 20.6. The Hall–Kier alpha value is -18.4. The Kier molecular flexibility index (Phi) is 25.9. The highest BCUT2D eigenvalue weighted by atomic mass is 19.2. The standard InChI is InChI=1S/C21H14FN7.C20H16FN5O.C19H14FN5O.C18H10F3N5.C16H10FN7/c22-16-12-15(18-6-1-2-8-20(18)28-11-5-10-24-28)13-17(14-16)29-26-21(25-27-29)19-7-3-4-9-23-19;1-13-6-7-19(27-2)17(9-13)14-10-15(21)12-16(11-14)26-24-20(23-25-26)18-5-3-4-8-22-18;20-16-9-15(14-5-3-4-13(8-14)12-26)10-17(11-16)25-23-19(22-24-25)18-6-1-2-7-21-18;19-12-8-11(17-14(20)4-3-5-15(17)21)9-13(10-12)26-24-18(23-25-26)16-6-1-2-7-22-16;17-13-5-11(12-8-18-10-19-9-12)6-14(7-13)24-22-16(21-23-24)15-3-1-2-4-20-15/h1-14H;3-12H,1-2H3;1-11,26H,12H2;1-10H;1-10H. The fraction of sp³-hybridized carbons (Fsp3) is 0.0319. The molecule has 0 aliphatic carbocycles. The number of aliphatic hydroxyl groups excluding tert-OH is 1. The molecule has 0 amide bonds. The second-order valence-corrected chi connectivity index (χ2v) is 28.3. The molecule has 21 aromatic rings. The summed E-state index contributed by atoms with van der Waals surface area (Å²) < 4.78 is 106. The van der Waals surface area contributed by atoms with Gasteiger partial charge in [-0.1, -0.05) is 84.4 Å². The Labute approximate surface area is 743 Å². The van der Waals surface area contributed by atoms with E-state index >= 15 is 0 Å². The van der Waals surface area contributed by atoms with Gasteiger partial charge in [0.2, 0.25) is 29.1 Å². The summed E-state index contributed by atoms with van der Waals surface area (Å²) in [5.41, 5.74) is 13.0. The lowest BCUT2D eigenvalue weighted by molar-refractivity contribution is 0.282. The van der Waals surface area contributed by atoms with Crippen molar-refractivity contribution in [2.24, 2.45) is 0 Å². The molecule has 0 saturated heterocycles. The summed E-state index contributed by atoms with van der Waals surface area (Å²) in [7, 11) is 1.59. The fourth-order valence-corrected chi connectivity index (χ4v) is 13.3. The minimum Gasteiger partial charge on any atom is -0.496 e. The molecule has 0 spiro atoms. The van der Waals surface area contributed by atoms with E-state index in [0.717, 1.165) is 62.6 Å². The molecule has 0 radical (unpaired) electrons. The van der Waals surface area contributed by atoms with Crippen LogP contribution in [0.15, 0.2) is 335 Å². The highest BCUT2D eigenvalue weighted by Crippen LogP contribution is 2.36. The van der Waals surface area contributed by atoms with Crippen molar-refractivity contribution in [1.29, 1.82) is 0 Å². The second kappa shape index (κ2) is 39.9. The van der Waals surface area contributed by atoms with Crippen molar-refractivity contribution in [3.05, 3.63) is 387 Å². The van der Waals surface area contributed by atoms with Crippen LogP contribution in [0.4, 0.5) is 30.7 Å². The molecular formula is C94H64F7N29O2. The van der Waals surface area contributed by atoms with Gasteiger partial charge in [0.1, 0.15) is 81.3 Å². The molecule has 132 heavy (non-hydrogen) atoms. The molecule has 1 N–H and O–H groups in total. The van der Waals surface area contributed by atoms with E-state index in [-0.39, 0.29) is 29.2 Å². The molecule has 0 bridgehead atoms. The summed E-state index contributed by atoms with van der Waals surface area (Å²) in [5, 5.41) is 74.8. The van der Waals surface area contributed by atoms with Gasteiger partial charge >= 0.3 is 0 Å². The molecule has 31 nitrogen and oxygen atoms in total. The van der Waals surface area contributed by atoms with Gasteiger partial charge in [-0.3, -0.25) is 24.9 Å². The van der Waals surface area contributed by atoms with E-state index < -0.39 is 40.7 Å². The van der Waals surface area contributed by atoms with Crippen LogP contribution < -0.4 is 4.74 Å². The number of halogens is 7. The zero-order valence-corrected chi connectivity index (χ0v) is 68.9. The molecule has 38 heteroatoms. The Bertz CT molecular complexity index is 7500. The van der Waals surface area contributed by atoms with Gasteiger partial charge in [-0.05, 0) is 236 Å². The van der Waals surface area contributed by atoms with Crippen LogP contribution in [-0.2, 0) is 6.61 Å². The predicted molar refractivity (Wildman–Crippen MR) is 469 cm³/mol. The topological polar surface area (TPSA) is 356 Å². The normalized spacial score (nSPS) is 10.8. The molecule has 0 fully saturated rings. The van der Waals surface area contributed by atoms with Crippen molar-refractivity contribution in [3.63, 3.8) is 0 Å². The third-order valence-corrected chi connectivity index (χ3v) is 19.3. The Morgan fingerprint density at radius 3 is 1.08 bits per heavy atom. The average molecular weight is 1760 g/mol. The Morgan fingerprint density at radius 2 is 0.689 bits per heavy atom. The summed E-state index contributed by atoms with van der Waals surface area (Å²) in [6.45, 7) is 1.90. The maximum absolute atomic E-state index is 14.5. The third-order valence-electron chi connectivity index (χ3n) is 19.3. The van der Waals surface area contributed by atoms with Gasteiger partial charge in [-0.15, -0.1) is 75.0 Å². The highest BCUT2D eigenvalue weighted by molar-refractivity contribution is 5.76. The molecule has 21 rings (SSSR count). The monoisotopic (exact) mass is 1760 g/mol. The van der Waals surface area contributed by atoms with Crippen LogP contribution in [0.3, 0.4) is 0 Å². The van der Waals surface area contributed by atoms with Crippen LogP contribution in [-0.4, -0.2) is 158 Å². The molecule has 12 heterocycles. The number of aryl methyl sites for hydroxylation is 1. The number of para-hydroxylation sites is 1. The second-order valence-electron chi connectivity index (χ2n) is 28.3. The minimum absolute atomic E-state index is 0.0345. The van der Waals surface area contributed by atoms with E-state index in [0.29, 0.717) is 108 Å². The van der Waals surface area contributed by atoms with Crippen molar-refractivity contribution < 1.29 is 40.6 Å². The van der Waals surface area contributed by atoms with Crippen LogP contribution in [0, 0.1) is 47.6 Å². The van der Waals surface area contributed by atoms with E-state index in [9.17, 15) is 35.8 Å². The number of aromatic nitrogens is 29. The number of ether oxygens (including phenoxy) is 1. The number of tetrazole rings is 5. The Morgan fingerprint density at radius 1 is 0.318 bits per heavy atom. The number of nitrogens with zero attached hydrogens (tertiary/aromatic N) is 29. The lowest BCUT2D eigenvalue weighted by Gasteiger charge is -2.11. The van der Waals surface area contributed by atoms with Gasteiger partial charge in [-0.2, -0.15) is 5.10 Å². The van der Waals surface area contributed by atoms with Gasteiger partial charge < -0.3 is 9.84 Å². The first kappa shape index (κ1) is 85.8. The van der Waals surface area contributed by atoms with Gasteiger partial charge in [0.25, 0.3) is 0 Å². The smallest absolute Gasteiger partial charge is 0.223 e. The molecule has 0 saturated carbocycles. The van der Waals surface area contributed by atoms with Crippen LogP contribution >= 0.6 is 0 Å². The zero-order valence-electron chi connectivity index (χ0n) is 68.9. The van der Waals surface area contributed by atoms with Crippen molar-refractivity contribution in [2.45, 2.75) is 13.5 Å².